The summed E-state index contributed by atoms with van der Waals surface area (Å²) in [6.45, 7) is 18.4. The average molecular weight is 765 g/mol. The summed E-state index contributed by atoms with van der Waals surface area (Å²) >= 11 is 0. The van der Waals surface area contributed by atoms with Crippen molar-refractivity contribution in [2.24, 2.45) is 11.3 Å². The topological polar surface area (TPSA) is 103 Å². The van der Waals surface area contributed by atoms with Gasteiger partial charge in [0.25, 0.3) is 14.2 Å². The molecule has 2 aromatic carbocycles. The highest BCUT2D eigenvalue weighted by atomic mass is 28.4. The maximum absolute atomic E-state index is 13.5. The van der Waals surface area contributed by atoms with Gasteiger partial charge in [0.15, 0.2) is 5.76 Å². The third-order valence-electron chi connectivity index (χ3n) is 9.48. The molecule has 1 heterocycles. The van der Waals surface area contributed by atoms with Crippen LogP contribution in [0.15, 0.2) is 121 Å². The Bertz CT molecular complexity index is 1760. The van der Waals surface area contributed by atoms with Gasteiger partial charge in [0, 0.05) is 12.3 Å². The number of hydrogen-bond acceptors (Lipinski definition) is 6. The highest BCUT2D eigenvalue weighted by Crippen LogP contribution is 2.38. The van der Waals surface area contributed by atoms with Crippen LogP contribution in [0.2, 0.25) is 5.04 Å². The highest BCUT2D eigenvalue weighted by molar-refractivity contribution is 6.99. The maximum atomic E-state index is 13.5. The molecule has 9 heteroatoms. The van der Waals surface area contributed by atoms with E-state index in [9.17, 15) is 14.4 Å². The number of hydrogen-bond donors (Lipinski definition) is 2. The van der Waals surface area contributed by atoms with Crippen LogP contribution in [-0.2, 0) is 28.3 Å². The zero-order chi connectivity index (χ0) is 40.6. The molecule has 3 rings (SSSR count). The molecule has 294 valence electrons. The first-order valence-corrected chi connectivity index (χ1v) is 20.9. The van der Waals surface area contributed by atoms with Crippen LogP contribution < -0.4 is 21.0 Å². The molecule has 0 bridgehead atoms. The van der Waals surface area contributed by atoms with E-state index in [2.05, 4.69) is 97.9 Å². The predicted molar refractivity (Wildman–Crippen MR) is 225 cm³/mol. The quantitative estimate of drug-likeness (QED) is 0.0643. The van der Waals surface area contributed by atoms with Crippen LogP contribution in [0.5, 0.6) is 0 Å². The number of methoxy groups -OCH3 is 1. The van der Waals surface area contributed by atoms with E-state index in [1.54, 1.807) is 24.4 Å². The second-order valence-electron chi connectivity index (χ2n) is 16.0. The Balaban J connectivity index is 1.69. The minimum absolute atomic E-state index is 0.0336. The zero-order valence-corrected chi connectivity index (χ0v) is 35.3. The normalized spacial score (nSPS) is 17.2. The fraction of sp³-hybridized carbons (Fsp3) is 0.413. The SMILES string of the molecule is C/C=C/C[C@H](C/C=C/NC(=O)C(NC(=O)C#C/C=C/C(C)=C/[C@@H](C)C1CC=C(OC)C(=O)O1)C(C)(C)C)O[Si](c1ccccc1)(c1ccccc1)C(C)(C)C. The first-order valence-electron chi connectivity index (χ1n) is 19.0. The number of benzene rings is 2. The van der Waals surface area contributed by atoms with Gasteiger partial charge in [-0.25, -0.2) is 4.79 Å². The van der Waals surface area contributed by atoms with Crippen molar-refractivity contribution in [1.29, 1.82) is 0 Å². The van der Waals surface area contributed by atoms with E-state index in [-0.39, 0.29) is 34.8 Å². The van der Waals surface area contributed by atoms with Crippen LogP contribution in [0.25, 0.3) is 0 Å². The third-order valence-corrected chi connectivity index (χ3v) is 14.6. The summed E-state index contributed by atoms with van der Waals surface area (Å²) in [5, 5.41) is 7.93. The first kappa shape index (κ1) is 44.5. The smallest absolute Gasteiger partial charge is 0.373 e. The van der Waals surface area contributed by atoms with Crippen molar-refractivity contribution in [2.75, 3.05) is 7.11 Å². The average Bonchev–Trinajstić information content (AvgIpc) is 3.14. The largest absolute Gasteiger partial charge is 0.490 e. The number of carbonyl (C=O) groups excluding carboxylic acids is 3. The molecule has 55 heavy (non-hydrogen) atoms. The van der Waals surface area contributed by atoms with Crippen LogP contribution >= 0.6 is 0 Å². The number of amides is 2. The fourth-order valence-corrected chi connectivity index (χ4v) is 11.3. The number of esters is 1. The van der Waals surface area contributed by atoms with Gasteiger partial charge >= 0.3 is 5.97 Å². The summed E-state index contributed by atoms with van der Waals surface area (Å²) in [6.07, 6.45) is 16.3. The number of allylic oxidation sites excluding steroid dienone is 4. The molecule has 0 saturated carbocycles. The minimum Gasteiger partial charge on any atom is -0.490 e. The van der Waals surface area contributed by atoms with Gasteiger partial charge in [-0.3, -0.25) is 9.59 Å². The molecule has 0 spiro atoms. The molecule has 0 radical (unpaired) electrons. The summed E-state index contributed by atoms with van der Waals surface area (Å²) in [5.74, 6) is 4.16. The summed E-state index contributed by atoms with van der Waals surface area (Å²) < 4.78 is 17.9. The predicted octanol–water partition coefficient (Wildman–Crippen LogP) is 7.44. The molecule has 2 N–H and O–H groups in total. The lowest BCUT2D eigenvalue weighted by Crippen LogP contribution is -2.67. The van der Waals surface area contributed by atoms with E-state index in [1.807, 2.05) is 71.9 Å². The van der Waals surface area contributed by atoms with E-state index in [1.165, 1.54) is 17.5 Å². The second-order valence-corrected chi connectivity index (χ2v) is 20.2. The van der Waals surface area contributed by atoms with Gasteiger partial charge in [0.1, 0.15) is 12.1 Å². The van der Waals surface area contributed by atoms with Gasteiger partial charge < -0.3 is 24.5 Å². The lowest BCUT2D eigenvalue weighted by atomic mass is 9.86. The zero-order valence-electron chi connectivity index (χ0n) is 34.3. The van der Waals surface area contributed by atoms with E-state index >= 15 is 0 Å². The van der Waals surface area contributed by atoms with Crippen molar-refractivity contribution < 1.29 is 28.3 Å². The van der Waals surface area contributed by atoms with Gasteiger partial charge in [0.05, 0.1) is 13.2 Å². The van der Waals surface area contributed by atoms with Crippen molar-refractivity contribution in [1.82, 2.24) is 10.6 Å². The summed E-state index contributed by atoms with van der Waals surface area (Å²) in [4.78, 5) is 38.3. The monoisotopic (exact) mass is 764 g/mol. The third kappa shape index (κ3) is 12.8. The van der Waals surface area contributed by atoms with Crippen LogP contribution in [0.1, 0.15) is 81.6 Å². The van der Waals surface area contributed by atoms with Gasteiger partial charge in [-0.15, -0.1) is 0 Å². The van der Waals surface area contributed by atoms with Crippen molar-refractivity contribution in [3.63, 3.8) is 0 Å². The van der Waals surface area contributed by atoms with Crippen molar-refractivity contribution in [3.8, 4) is 11.8 Å². The Morgan fingerprint density at radius 2 is 1.58 bits per heavy atom. The summed E-state index contributed by atoms with van der Waals surface area (Å²) in [7, 11) is -1.35. The number of carbonyl (C=O) groups is 3. The van der Waals surface area contributed by atoms with Crippen molar-refractivity contribution >= 4 is 36.5 Å². The maximum Gasteiger partial charge on any atom is 0.373 e. The molecular weight excluding hydrogens is 705 g/mol. The Morgan fingerprint density at radius 1 is 0.982 bits per heavy atom. The molecule has 2 aromatic rings. The molecule has 4 atom stereocenters. The molecule has 0 aromatic heterocycles. The lowest BCUT2D eigenvalue weighted by molar-refractivity contribution is -0.151. The fourth-order valence-electron chi connectivity index (χ4n) is 6.61. The van der Waals surface area contributed by atoms with Crippen LogP contribution in [0.4, 0.5) is 0 Å². The van der Waals surface area contributed by atoms with Crippen LogP contribution in [-0.4, -0.2) is 51.5 Å². The highest BCUT2D eigenvalue weighted by Gasteiger charge is 2.51. The lowest BCUT2D eigenvalue weighted by Gasteiger charge is -2.45. The number of ether oxygens (including phenoxy) is 2. The molecular formula is C46H60N2O6Si. The number of cyclic esters (lactones) is 1. The first-order chi connectivity index (χ1) is 26.0. The Morgan fingerprint density at radius 3 is 2.11 bits per heavy atom. The molecule has 1 aliphatic rings. The molecule has 2 amide bonds. The van der Waals surface area contributed by atoms with E-state index in [4.69, 9.17) is 13.9 Å². The molecule has 0 saturated heterocycles. The van der Waals surface area contributed by atoms with E-state index in [0.717, 1.165) is 5.57 Å². The summed E-state index contributed by atoms with van der Waals surface area (Å²) in [5.41, 5.74) is 0.326. The Hall–Kier alpha value is -4.91. The Kier molecular flexibility index (Phi) is 16.7. The summed E-state index contributed by atoms with van der Waals surface area (Å²) in [6, 6.07) is 20.3. The standard InChI is InChI=1S/C46H60N2O6Si/c1-11-12-23-36(54-55(46(7,8)9,37-25-15-13-16-26-37)38-27-17-14-18-28-38)24-21-32-47-43(50)42(45(4,5)6)48-41(49)29-20-19-22-34(2)33-35(3)39-30-31-40(52-10)44(51)53-39/h11-19,21-22,25-28,31-33,35-36,39,42H,23-24,30H2,1-10H3,(H,47,50)(H,48,49)/b12-11+,22-19+,32-21+,34-33+/t35-,36-,39?,42?/m1/s1. The Labute approximate surface area is 330 Å². The van der Waals surface area contributed by atoms with Gasteiger partial charge in [-0.05, 0) is 71.8 Å². The molecule has 1 aliphatic heterocycles. The van der Waals surface area contributed by atoms with Gasteiger partial charge in [0.2, 0.25) is 5.91 Å². The van der Waals surface area contributed by atoms with Crippen molar-refractivity contribution in [2.45, 2.75) is 105 Å². The number of rotatable bonds is 15. The van der Waals surface area contributed by atoms with Gasteiger partial charge in [-0.2, -0.15) is 0 Å². The van der Waals surface area contributed by atoms with E-state index < -0.39 is 31.7 Å². The molecule has 2 unspecified atom stereocenters. The van der Waals surface area contributed by atoms with Crippen molar-refractivity contribution in [3.05, 3.63) is 121 Å². The van der Waals surface area contributed by atoms with E-state index in [0.29, 0.717) is 19.3 Å². The second kappa shape index (κ2) is 20.7. The van der Waals surface area contributed by atoms with Crippen LogP contribution in [0.3, 0.4) is 0 Å². The minimum atomic E-state index is -2.79. The van der Waals surface area contributed by atoms with Gasteiger partial charge in [-0.1, -0.05) is 151 Å². The number of nitrogens with one attached hydrogen (secondary N) is 2. The molecule has 0 fully saturated rings. The molecule has 0 aliphatic carbocycles. The van der Waals surface area contributed by atoms with Crippen LogP contribution in [0, 0.1) is 23.2 Å². The molecule has 8 nitrogen and oxygen atoms in total.